The maximum Gasteiger partial charge on any atom is 0.331 e. The predicted octanol–water partition coefficient (Wildman–Crippen LogP) is 6.29. The van der Waals surface area contributed by atoms with Gasteiger partial charge in [0.15, 0.2) is 0 Å². The van der Waals surface area contributed by atoms with Crippen molar-refractivity contribution in [1.82, 2.24) is 15.2 Å². The van der Waals surface area contributed by atoms with Crippen LogP contribution in [0.15, 0.2) is 60.8 Å². The number of hydrogen-bond acceptors (Lipinski definition) is 6. The van der Waals surface area contributed by atoms with Gasteiger partial charge in [0.1, 0.15) is 21.2 Å². The fourth-order valence-electron chi connectivity index (χ4n) is 5.51. The number of rotatable bonds is 6. The van der Waals surface area contributed by atoms with Gasteiger partial charge >= 0.3 is 6.03 Å². The number of aryl methyl sites for hydroxylation is 1. The minimum absolute atomic E-state index is 0.0809. The number of urea groups is 1. The molecule has 6 rings (SSSR count). The number of benzene rings is 2. The number of hydrogen-bond donors (Lipinski definition) is 2. The minimum atomic E-state index is -0.315. The number of anilines is 3. The van der Waals surface area contributed by atoms with Crippen LogP contribution in [-0.4, -0.2) is 48.0 Å². The average Bonchev–Trinajstić information content (AvgIpc) is 3.51. The Bertz CT molecular complexity index is 1530. The number of para-hydroxylation sites is 1. The van der Waals surface area contributed by atoms with Gasteiger partial charge in [-0.2, -0.15) is 0 Å². The van der Waals surface area contributed by atoms with Crippen LogP contribution < -0.4 is 20.3 Å². The van der Waals surface area contributed by atoms with E-state index in [0.717, 1.165) is 41.6 Å². The average molecular weight is 528 g/mol. The first-order valence-corrected chi connectivity index (χ1v) is 13.6. The summed E-state index contributed by atoms with van der Waals surface area (Å²) in [6.07, 6.45) is 4.77. The molecule has 2 N–H and O–H groups in total. The van der Waals surface area contributed by atoms with Crippen molar-refractivity contribution >= 4 is 50.6 Å². The van der Waals surface area contributed by atoms with Crippen molar-refractivity contribution in [1.29, 1.82) is 0 Å². The molecule has 2 aromatic heterocycles. The SMILES string of the molecule is Cc1cc(Oc2ccccc2)ccc1N1C(=O)Nc2c(C(=O)N[C@@H]3CCC[C@@H]3N(C)C)sc3nccc1c23. The third-order valence-electron chi connectivity index (χ3n) is 7.30. The predicted molar refractivity (Wildman–Crippen MR) is 151 cm³/mol. The monoisotopic (exact) mass is 527 g/mol. The van der Waals surface area contributed by atoms with Crippen LogP contribution >= 0.6 is 11.3 Å². The zero-order valence-corrected chi connectivity index (χ0v) is 22.3. The molecule has 9 heteroatoms. The summed E-state index contributed by atoms with van der Waals surface area (Å²) in [5, 5.41) is 7.00. The van der Waals surface area contributed by atoms with Gasteiger partial charge in [-0.05, 0) is 82.2 Å². The number of thiophene rings is 1. The number of nitrogens with one attached hydrogen (secondary N) is 2. The molecule has 1 saturated carbocycles. The lowest BCUT2D eigenvalue weighted by Gasteiger charge is -2.30. The van der Waals surface area contributed by atoms with Gasteiger partial charge in [-0.15, -0.1) is 11.3 Å². The molecule has 1 fully saturated rings. The number of ether oxygens (including phenoxy) is 1. The first-order valence-electron chi connectivity index (χ1n) is 12.7. The van der Waals surface area contributed by atoms with E-state index in [4.69, 9.17) is 4.74 Å². The Morgan fingerprint density at radius 2 is 1.92 bits per heavy atom. The molecule has 0 spiro atoms. The Morgan fingerprint density at radius 3 is 2.68 bits per heavy atom. The molecule has 194 valence electrons. The highest BCUT2D eigenvalue weighted by molar-refractivity contribution is 7.21. The second kappa shape index (κ2) is 9.74. The Balaban J connectivity index is 1.33. The number of amides is 3. The molecule has 0 bridgehead atoms. The van der Waals surface area contributed by atoms with E-state index in [9.17, 15) is 9.59 Å². The summed E-state index contributed by atoms with van der Waals surface area (Å²) in [7, 11) is 4.09. The normalized spacial score (nSPS) is 18.6. The first kappa shape index (κ1) is 24.4. The number of likely N-dealkylation sites (N-methyl/N-ethyl adjacent to an activating group) is 1. The van der Waals surface area contributed by atoms with Gasteiger partial charge in [-0.3, -0.25) is 9.69 Å². The number of pyridine rings is 1. The van der Waals surface area contributed by atoms with Gasteiger partial charge < -0.3 is 20.3 Å². The number of carbonyl (C=O) groups is 2. The molecule has 2 atom stereocenters. The second-order valence-corrected chi connectivity index (χ2v) is 11.0. The fourth-order valence-corrected chi connectivity index (χ4v) is 6.53. The van der Waals surface area contributed by atoms with Crippen LogP contribution in [0.2, 0.25) is 0 Å². The van der Waals surface area contributed by atoms with Crippen molar-refractivity contribution in [2.24, 2.45) is 0 Å². The zero-order chi connectivity index (χ0) is 26.4. The Kier molecular flexibility index (Phi) is 6.25. The topological polar surface area (TPSA) is 86.8 Å². The van der Waals surface area contributed by atoms with Gasteiger partial charge in [0.25, 0.3) is 5.91 Å². The van der Waals surface area contributed by atoms with Crippen LogP contribution in [0, 0.1) is 6.92 Å². The second-order valence-electron chi connectivity index (χ2n) is 9.99. The van der Waals surface area contributed by atoms with Crippen LogP contribution in [0.25, 0.3) is 10.2 Å². The Morgan fingerprint density at radius 1 is 1.11 bits per heavy atom. The zero-order valence-electron chi connectivity index (χ0n) is 21.5. The third kappa shape index (κ3) is 4.27. The van der Waals surface area contributed by atoms with Gasteiger partial charge in [-0.25, -0.2) is 9.78 Å². The van der Waals surface area contributed by atoms with Crippen molar-refractivity contribution in [3.63, 3.8) is 0 Å². The molecule has 1 aliphatic carbocycles. The molecule has 0 saturated heterocycles. The van der Waals surface area contributed by atoms with Crippen LogP contribution in [0.3, 0.4) is 0 Å². The summed E-state index contributed by atoms with van der Waals surface area (Å²) in [6.45, 7) is 1.95. The highest BCUT2D eigenvalue weighted by atomic mass is 32.1. The lowest BCUT2D eigenvalue weighted by atomic mass is 10.1. The summed E-state index contributed by atoms with van der Waals surface area (Å²) in [6, 6.07) is 17.1. The lowest BCUT2D eigenvalue weighted by Crippen LogP contribution is -2.46. The number of aromatic nitrogens is 1. The third-order valence-corrected chi connectivity index (χ3v) is 8.40. The summed E-state index contributed by atoms with van der Waals surface area (Å²) < 4.78 is 5.97. The van der Waals surface area contributed by atoms with Crippen molar-refractivity contribution in [2.75, 3.05) is 24.3 Å². The smallest absolute Gasteiger partial charge is 0.331 e. The molecule has 1 aliphatic heterocycles. The Labute approximate surface area is 225 Å². The molecule has 3 amide bonds. The first-order chi connectivity index (χ1) is 18.4. The van der Waals surface area contributed by atoms with Gasteiger partial charge in [0.2, 0.25) is 0 Å². The molecule has 38 heavy (non-hydrogen) atoms. The molecule has 2 aromatic carbocycles. The molecule has 8 nitrogen and oxygen atoms in total. The lowest BCUT2D eigenvalue weighted by molar-refractivity contribution is 0.0924. The maximum atomic E-state index is 13.5. The number of carbonyl (C=O) groups excluding carboxylic acids is 2. The van der Waals surface area contributed by atoms with E-state index in [2.05, 4.69) is 20.5 Å². The quantitative estimate of drug-likeness (QED) is 0.308. The molecule has 2 aliphatic rings. The van der Waals surface area contributed by atoms with E-state index >= 15 is 0 Å². The highest BCUT2D eigenvalue weighted by Crippen LogP contribution is 2.46. The molecule has 0 unspecified atom stereocenters. The van der Waals surface area contributed by atoms with Crippen molar-refractivity contribution in [3.8, 4) is 11.5 Å². The maximum absolute atomic E-state index is 13.5. The minimum Gasteiger partial charge on any atom is -0.457 e. The Hall–Kier alpha value is -3.95. The standard InChI is InChI=1S/C29H29N5O3S/c1-17-16-19(37-18-8-5-4-6-9-18)12-13-21(17)34-23-14-15-30-28-24(23)25(32-29(34)36)26(38-28)27(35)31-20-10-7-11-22(20)33(2)3/h4-6,8-9,12-16,20,22H,7,10-11H2,1-3H3,(H,31,35)(H,32,36)/t20-,22+/m1/s1. The van der Waals surface area contributed by atoms with Crippen LogP contribution in [0.4, 0.5) is 21.9 Å². The van der Waals surface area contributed by atoms with E-state index in [1.165, 1.54) is 11.3 Å². The molecular weight excluding hydrogens is 498 g/mol. The highest BCUT2D eigenvalue weighted by Gasteiger charge is 2.35. The van der Waals surface area contributed by atoms with E-state index in [0.29, 0.717) is 32.9 Å². The van der Waals surface area contributed by atoms with Gasteiger partial charge in [0.05, 0.1) is 22.4 Å². The molecular formula is C29H29N5O3S. The fraction of sp³-hybridized carbons (Fsp3) is 0.276. The molecule has 0 radical (unpaired) electrons. The molecule has 4 aromatic rings. The van der Waals surface area contributed by atoms with E-state index in [-0.39, 0.29) is 18.0 Å². The van der Waals surface area contributed by atoms with Gasteiger partial charge in [-0.1, -0.05) is 18.2 Å². The van der Waals surface area contributed by atoms with Crippen LogP contribution in [0.1, 0.15) is 34.5 Å². The van der Waals surface area contributed by atoms with E-state index < -0.39 is 0 Å². The van der Waals surface area contributed by atoms with E-state index in [1.807, 2.05) is 75.6 Å². The van der Waals surface area contributed by atoms with Crippen LogP contribution in [-0.2, 0) is 0 Å². The van der Waals surface area contributed by atoms with Crippen molar-refractivity contribution in [3.05, 3.63) is 71.2 Å². The van der Waals surface area contributed by atoms with Crippen molar-refractivity contribution in [2.45, 2.75) is 38.3 Å². The van der Waals surface area contributed by atoms with E-state index in [1.54, 1.807) is 11.1 Å². The van der Waals surface area contributed by atoms with Gasteiger partial charge in [0, 0.05) is 18.3 Å². The van der Waals surface area contributed by atoms with Crippen LogP contribution in [0.5, 0.6) is 11.5 Å². The number of nitrogens with zero attached hydrogens (tertiary/aromatic N) is 3. The summed E-state index contributed by atoms with van der Waals surface area (Å²) in [4.78, 5) is 36.5. The summed E-state index contributed by atoms with van der Waals surface area (Å²) in [5.74, 6) is 1.27. The van der Waals surface area contributed by atoms with Crippen molar-refractivity contribution < 1.29 is 14.3 Å². The summed E-state index contributed by atoms with van der Waals surface area (Å²) in [5.41, 5.74) is 2.85. The molecule has 3 heterocycles. The largest absolute Gasteiger partial charge is 0.457 e. The summed E-state index contributed by atoms with van der Waals surface area (Å²) >= 11 is 1.31.